The second kappa shape index (κ2) is 6.96. The third-order valence-corrected chi connectivity index (χ3v) is 7.24. The van der Waals surface area contributed by atoms with E-state index in [0.29, 0.717) is 11.8 Å². The summed E-state index contributed by atoms with van der Waals surface area (Å²) in [5.41, 5.74) is 1.90. The first-order valence-corrected chi connectivity index (χ1v) is 9.24. The minimum absolute atomic E-state index is 0.115. The van der Waals surface area contributed by atoms with Gasteiger partial charge in [0.1, 0.15) is 0 Å². The Labute approximate surface area is 141 Å². The second-order valence-corrected chi connectivity index (χ2v) is 8.60. The van der Waals surface area contributed by atoms with Crippen LogP contribution in [0.25, 0.3) is 0 Å². The zero-order chi connectivity index (χ0) is 17.3. The Morgan fingerprint density at radius 2 is 2.09 bits per heavy atom. The zero-order valence-corrected chi connectivity index (χ0v) is 15.3. The van der Waals surface area contributed by atoms with E-state index >= 15 is 0 Å². The van der Waals surface area contributed by atoms with Gasteiger partial charge in [0.15, 0.2) is 0 Å². The number of rotatable bonds is 6. The molecule has 23 heavy (non-hydrogen) atoms. The average Bonchev–Trinajstić information content (AvgIpc) is 2.47. The molecule has 0 amide bonds. The highest BCUT2D eigenvalue weighted by Gasteiger charge is 2.53. The summed E-state index contributed by atoms with van der Waals surface area (Å²) in [6.45, 7) is 9.36. The summed E-state index contributed by atoms with van der Waals surface area (Å²) in [6, 6.07) is 0. The quantitative estimate of drug-likeness (QED) is 0.700. The fourth-order valence-electron chi connectivity index (χ4n) is 5.45. The van der Waals surface area contributed by atoms with Crippen LogP contribution >= 0.6 is 0 Å². The van der Waals surface area contributed by atoms with E-state index < -0.39 is 5.97 Å². The van der Waals surface area contributed by atoms with E-state index in [1.807, 2.05) is 6.92 Å². The molecule has 1 saturated carbocycles. The molecule has 2 aliphatic carbocycles. The van der Waals surface area contributed by atoms with Crippen molar-refractivity contribution < 1.29 is 15.0 Å². The molecule has 0 radical (unpaired) electrons. The van der Waals surface area contributed by atoms with Crippen molar-refractivity contribution in [1.82, 2.24) is 0 Å². The minimum Gasteiger partial charge on any atom is -0.481 e. The number of aliphatic hydroxyl groups is 1. The van der Waals surface area contributed by atoms with Crippen LogP contribution in [-0.2, 0) is 4.79 Å². The maximum atomic E-state index is 10.9. The van der Waals surface area contributed by atoms with Gasteiger partial charge < -0.3 is 10.2 Å². The molecule has 0 aromatic rings. The van der Waals surface area contributed by atoms with E-state index in [1.165, 1.54) is 18.4 Å². The molecule has 2 aliphatic rings. The molecule has 2 N–H and O–H groups in total. The van der Waals surface area contributed by atoms with Gasteiger partial charge in [-0.05, 0) is 74.0 Å². The number of hydrogen-bond donors (Lipinski definition) is 2. The number of aliphatic hydroxyl groups excluding tert-OH is 1. The highest BCUT2D eigenvalue weighted by atomic mass is 16.4. The second-order valence-electron chi connectivity index (χ2n) is 8.60. The summed E-state index contributed by atoms with van der Waals surface area (Å²) in [6.07, 6.45) is 9.22. The zero-order valence-electron chi connectivity index (χ0n) is 15.3. The molecule has 2 rings (SSSR count). The van der Waals surface area contributed by atoms with Crippen molar-refractivity contribution in [1.29, 1.82) is 0 Å². The molecule has 0 aromatic heterocycles. The lowest BCUT2D eigenvalue weighted by molar-refractivity contribution is -0.138. The van der Waals surface area contributed by atoms with E-state index in [4.69, 9.17) is 5.11 Å². The van der Waals surface area contributed by atoms with Crippen molar-refractivity contribution in [2.45, 2.75) is 72.6 Å². The van der Waals surface area contributed by atoms with Crippen LogP contribution < -0.4 is 0 Å². The number of fused-ring (bicyclic) bond motifs is 1. The van der Waals surface area contributed by atoms with Crippen LogP contribution in [0.15, 0.2) is 11.6 Å². The SMILES string of the molecule is CC1=CCC[C@@H]2[C@@](C)(CC[C@@H](C)CC(=O)O)[C@H](CO)CC[C@@]12C. The van der Waals surface area contributed by atoms with E-state index in [9.17, 15) is 9.90 Å². The van der Waals surface area contributed by atoms with Gasteiger partial charge in [0.05, 0.1) is 0 Å². The van der Waals surface area contributed by atoms with E-state index in [-0.39, 0.29) is 29.8 Å². The molecule has 0 spiro atoms. The van der Waals surface area contributed by atoms with Crippen molar-refractivity contribution in [2.75, 3.05) is 6.61 Å². The van der Waals surface area contributed by atoms with Crippen LogP contribution in [0.5, 0.6) is 0 Å². The molecule has 5 atom stereocenters. The van der Waals surface area contributed by atoms with Gasteiger partial charge in [-0.25, -0.2) is 0 Å². The van der Waals surface area contributed by atoms with Gasteiger partial charge in [0.25, 0.3) is 0 Å². The lowest BCUT2D eigenvalue weighted by atomic mass is 9.46. The van der Waals surface area contributed by atoms with E-state index in [0.717, 1.165) is 25.7 Å². The Morgan fingerprint density at radius 3 is 2.70 bits per heavy atom. The van der Waals surface area contributed by atoms with Crippen LogP contribution in [0, 0.1) is 28.6 Å². The predicted octanol–water partition coefficient (Wildman–Crippen LogP) is 4.65. The van der Waals surface area contributed by atoms with Crippen molar-refractivity contribution >= 4 is 5.97 Å². The average molecular weight is 322 g/mol. The first kappa shape index (κ1) is 18.5. The summed E-state index contributed by atoms with van der Waals surface area (Å²) < 4.78 is 0. The summed E-state index contributed by atoms with van der Waals surface area (Å²) in [5, 5.41) is 19.0. The highest BCUT2D eigenvalue weighted by molar-refractivity contribution is 5.66. The Hall–Kier alpha value is -0.830. The van der Waals surface area contributed by atoms with Crippen LogP contribution in [-0.4, -0.2) is 22.8 Å². The summed E-state index contributed by atoms with van der Waals surface area (Å²) in [5.74, 6) is 0.454. The van der Waals surface area contributed by atoms with Crippen molar-refractivity contribution in [3.8, 4) is 0 Å². The predicted molar refractivity (Wildman–Crippen MR) is 93.2 cm³/mol. The highest BCUT2D eigenvalue weighted by Crippen LogP contribution is 2.61. The smallest absolute Gasteiger partial charge is 0.303 e. The van der Waals surface area contributed by atoms with Gasteiger partial charge in [-0.2, -0.15) is 0 Å². The van der Waals surface area contributed by atoms with Gasteiger partial charge >= 0.3 is 5.97 Å². The molecule has 0 aliphatic heterocycles. The molecular weight excluding hydrogens is 288 g/mol. The molecule has 0 bridgehead atoms. The maximum Gasteiger partial charge on any atom is 0.303 e. The van der Waals surface area contributed by atoms with Crippen LogP contribution in [0.2, 0.25) is 0 Å². The maximum absolute atomic E-state index is 10.9. The van der Waals surface area contributed by atoms with Gasteiger partial charge in [-0.15, -0.1) is 0 Å². The first-order chi connectivity index (χ1) is 10.7. The Morgan fingerprint density at radius 1 is 1.39 bits per heavy atom. The molecule has 0 saturated heterocycles. The monoisotopic (exact) mass is 322 g/mol. The van der Waals surface area contributed by atoms with Crippen LogP contribution in [0.3, 0.4) is 0 Å². The summed E-state index contributed by atoms with van der Waals surface area (Å²) >= 11 is 0. The summed E-state index contributed by atoms with van der Waals surface area (Å²) in [7, 11) is 0. The molecule has 0 heterocycles. The Balaban J connectivity index is 2.20. The van der Waals surface area contributed by atoms with Crippen LogP contribution in [0.1, 0.15) is 72.6 Å². The number of carbonyl (C=O) groups is 1. The minimum atomic E-state index is -0.703. The van der Waals surface area contributed by atoms with Gasteiger partial charge in [-0.3, -0.25) is 4.79 Å². The Kier molecular flexibility index (Phi) is 5.60. The molecule has 132 valence electrons. The number of hydrogen-bond acceptors (Lipinski definition) is 2. The normalized spacial score (nSPS) is 38.6. The fourth-order valence-corrected chi connectivity index (χ4v) is 5.45. The molecule has 0 aromatic carbocycles. The largest absolute Gasteiger partial charge is 0.481 e. The number of carboxylic acids is 1. The topological polar surface area (TPSA) is 57.5 Å². The molecular formula is C20H34O3. The van der Waals surface area contributed by atoms with Crippen molar-refractivity contribution in [3.05, 3.63) is 11.6 Å². The third kappa shape index (κ3) is 3.50. The number of aliphatic carboxylic acids is 1. The lowest BCUT2D eigenvalue weighted by Crippen LogP contribution is -2.51. The van der Waals surface area contributed by atoms with Crippen LogP contribution in [0.4, 0.5) is 0 Å². The third-order valence-electron chi connectivity index (χ3n) is 7.24. The van der Waals surface area contributed by atoms with Gasteiger partial charge in [-0.1, -0.05) is 32.4 Å². The van der Waals surface area contributed by atoms with E-state index in [2.05, 4.69) is 26.8 Å². The van der Waals surface area contributed by atoms with Crippen molar-refractivity contribution in [3.63, 3.8) is 0 Å². The lowest BCUT2D eigenvalue weighted by Gasteiger charge is -2.58. The molecule has 0 unspecified atom stereocenters. The Bertz CT molecular complexity index is 470. The van der Waals surface area contributed by atoms with Gasteiger partial charge in [0.2, 0.25) is 0 Å². The fraction of sp³-hybridized carbons (Fsp3) is 0.850. The van der Waals surface area contributed by atoms with Crippen molar-refractivity contribution in [2.24, 2.45) is 28.6 Å². The molecule has 1 fully saturated rings. The number of carboxylic acid groups (broad SMARTS) is 1. The summed E-state index contributed by atoms with van der Waals surface area (Å²) in [4.78, 5) is 10.9. The number of allylic oxidation sites excluding steroid dienone is 2. The molecule has 3 heteroatoms. The van der Waals surface area contributed by atoms with Gasteiger partial charge in [0, 0.05) is 13.0 Å². The standard InChI is InChI=1S/C20H34O3/c1-14(12-18(22)23)8-10-20(4)16(13-21)9-11-19(3)15(2)6-5-7-17(19)20/h6,14,16-17,21H,5,7-13H2,1-4H3,(H,22,23)/t14-,16+,17+,19+,20+/m1/s1. The molecule has 3 nitrogen and oxygen atoms in total. The first-order valence-electron chi connectivity index (χ1n) is 9.24. The van der Waals surface area contributed by atoms with E-state index in [1.54, 1.807) is 0 Å².